The molecule has 4 rings (SSSR count). The lowest BCUT2D eigenvalue weighted by atomic mass is 9.92. The lowest BCUT2D eigenvalue weighted by molar-refractivity contribution is -0.123. The Kier molecular flexibility index (Phi) is 4.30. The number of nitrogens with zero attached hydrogens (tertiary/aromatic N) is 3. The Morgan fingerprint density at radius 3 is 2.48 bits per heavy atom. The highest BCUT2D eigenvalue weighted by Crippen LogP contribution is 2.48. The first kappa shape index (κ1) is 17.5. The van der Waals surface area contributed by atoms with Crippen molar-refractivity contribution in [2.24, 2.45) is 0 Å². The number of rotatable bonds is 5. The number of hydrogen-bond acceptors (Lipinski definition) is 3. The first-order valence-corrected chi connectivity index (χ1v) is 9.31. The standard InChI is InChI=1S/C22H24N4O/c1-15-11-16(2)13-19(12-15)22(6-7-22)21(27)25-14-18-5-4-8-24-20(18)26-10-9-23-17(26)3/h4-5,8-13H,6-7,14H2,1-3H3,(H,25,27). The predicted octanol–water partition coefficient (Wildman–Crippen LogP) is 3.54. The third-order valence-electron chi connectivity index (χ3n) is 5.32. The maximum absolute atomic E-state index is 13.0. The van der Waals surface area contributed by atoms with Gasteiger partial charge in [0.05, 0.1) is 5.41 Å². The van der Waals surface area contributed by atoms with Crippen LogP contribution >= 0.6 is 0 Å². The molecule has 0 bridgehead atoms. The molecule has 0 spiro atoms. The van der Waals surface area contributed by atoms with Gasteiger partial charge in [0.1, 0.15) is 11.6 Å². The number of hydrogen-bond donors (Lipinski definition) is 1. The summed E-state index contributed by atoms with van der Waals surface area (Å²) < 4.78 is 1.94. The van der Waals surface area contributed by atoms with E-state index in [1.54, 1.807) is 12.4 Å². The minimum atomic E-state index is -0.371. The third-order valence-corrected chi connectivity index (χ3v) is 5.32. The second kappa shape index (κ2) is 6.65. The molecule has 0 aliphatic heterocycles. The molecule has 0 saturated heterocycles. The van der Waals surface area contributed by atoms with Gasteiger partial charge < -0.3 is 5.32 Å². The zero-order valence-electron chi connectivity index (χ0n) is 16.0. The molecule has 1 amide bonds. The van der Waals surface area contributed by atoms with Crippen molar-refractivity contribution in [2.75, 3.05) is 0 Å². The Morgan fingerprint density at radius 2 is 1.85 bits per heavy atom. The first-order chi connectivity index (χ1) is 13.0. The number of carbonyl (C=O) groups excluding carboxylic acids is 1. The fourth-order valence-electron chi connectivity index (χ4n) is 3.75. The van der Waals surface area contributed by atoms with E-state index in [9.17, 15) is 4.79 Å². The number of benzene rings is 1. The summed E-state index contributed by atoms with van der Waals surface area (Å²) in [4.78, 5) is 21.8. The number of pyridine rings is 1. The van der Waals surface area contributed by atoms with E-state index in [4.69, 9.17) is 0 Å². The monoisotopic (exact) mass is 360 g/mol. The molecule has 0 atom stereocenters. The minimum absolute atomic E-state index is 0.102. The molecule has 3 aromatic rings. The van der Waals surface area contributed by atoms with E-state index in [-0.39, 0.29) is 11.3 Å². The molecule has 1 aliphatic rings. The van der Waals surface area contributed by atoms with Gasteiger partial charge in [-0.05, 0) is 45.2 Å². The lowest BCUT2D eigenvalue weighted by Gasteiger charge is -2.18. The third kappa shape index (κ3) is 3.25. The molecule has 0 unspecified atom stereocenters. The Balaban J connectivity index is 1.55. The van der Waals surface area contributed by atoms with Crippen molar-refractivity contribution in [3.05, 3.63) is 77.0 Å². The Bertz CT molecular complexity index is 981. The summed E-state index contributed by atoms with van der Waals surface area (Å²) >= 11 is 0. The molecule has 138 valence electrons. The maximum atomic E-state index is 13.0. The molecule has 5 heteroatoms. The van der Waals surface area contributed by atoms with Gasteiger partial charge in [0.15, 0.2) is 0 Å². The number of carbonyl (C=O) groups is 1. The van der Waals surface area contributed by atoms with E-state index in [2.05, 4.69) is 47.3 Å². The van der Waals surface area contributed by atoms with Gasteiger partial charge in [-0.2, -0.15) is 0 Å². The lowest BCUT2D eigenvalue weighted by Crippen LogP contribution is -2.34. The Hall–Kier alpha value is -2.95. The Labute approximate surface area is 159 Å². The highest BCUT2D eigenvalue weighted by atomic mass is 16.2. The van der Waals surface area contributed by atoms with Gasteiger partial charge in [-0.25, -0.2) is 9.97 Å². The highest BCUT2D eigenvalue weighted by molar-refractivity contribution is 5.91. The quantitative estimate of drug-likeness (QED) is 0.757. The molecule has 1 fully saturated rings. The molecular formula is C22H24N4O. The smallest absolute Gasteiger partial charge is 0.230 e. The first-order valence-electron chi connectivity index (χ1n) is 9.31. The number of nitrogens with one attached hydrogen (secondary N) is 1. The van der Waals surface area contributed by atoms with Crippen LogP contribution in [0.25, 0.3) is 5.82 Å². The molecular weight excluding hydrogens is 336 g/mol. The molecule has 2 aromatic heterocycles. The fraction of sp³-hybridized carbons (Fsp3) is 0.318. The van der Waals surface area contributed by atoms with Gasteiger partial charge in [-0.1, -0.05) is 35.4 Å². The van der Waals surface area contributed by atoms with Crippen LogP contribution in [0.3, 0.4) is 0 Å². The topological polar surface area (TPSA) is 59.8 Å². The van der Waals surface area contributed by atoms with Crippen molar-refractivity contribution in [2.45, 2.75) is 45.6 Å². The molecule has 5 nitrogen and oxygen atoms in total. The van der Waals surface area contributed by atoms with Crippen molar-refractivity contribution < 1.29 is 4.79 Å². The second-order valence-corrected chi connectivity index (χ2v) is 7.47. The van der Waals surface area contributed by atoms with Crippen LogP contribution in [0.15, 0.2) is 48.9 Å². The maximum Gasteiger partial charge on any atom is 0.230 e. The Morgan fingerprint density at radius 1 is 1.11 bits per heavy atom. The van der Waals surface area contributed by atoms with Gasteiger partial charge >= 0.3 is 0 Å². The summed E-state index contributed by atoms with van der Waals surface area (Å²) in [5, 5.41) is 3.15. The molecule has 1 N–H and O–H groups in total. The summed E-state index contributed by atoms with van der Waals surface area (Å²) in [5.41, 5.74) is 4.14. The summed E-state index contributed by atoms with van der Waals surface area (Å²) in [5.74, 6) is 1.78. The van der Waals surface area contributed by atoms with Crippen LogP contribution in [0.5, 0.6) is 0 Å². The van der Waals surface area contributed by atoms with Gasteiger partial charge in [-0.15, -0.1) is 0 Å². The predicted molar refractivity (Wildman–Crippen MR) is 105 cm³/mol. The van der Waals surface area contributed by atoms with E-state index < -0.39 is 0 Å². The average Bonchev–Trinajstić information content (AvgIpc) is 3.35. The molecule has 2 heterocycles. The van der Waals surface area contributed by atoms with Crippen LogP contribution in [0, 0.1) is 20.8 Å². The summed E-state index contributed by atoms with van der Waals surface area (Å²) in [7, 11) is 0. The van der Waals surface area contributed by atoms with Crippen molar-refractivity contribution in [1.29, 1.82) is 0 Å². The molecule has 27 heavy (non-hydrogen) atoms. The average molecular weight is 360 g/mol. The zero-order valence-corrected chi connectivity index (χ0v) is 16.0. The van der Waals surface area contributed by atoms with Gasteiger partial charge in [0.2, 0.25) is 5.91 Å². The van der Waals surface area contributed by atoms with E-state index in [1.807, 2.05) is 29.8 Å². The number of imidazole rings is 1. The minimum Gasteiger partial charge on any atom is -0.351 e. The number of amides is 1. The van der Waals surface area contributed by atoms with Crippen LogP contribution in [0.4, 0.5) is 0 Å². The van der Waals surface area contributed by atoms with Gasteiger partial charge in [0, 0.05) is 30.7 Å². The van der Waals surface area contributed by atoms with E-state index in [1.165, 1.54) is 11.1 Å². The van der Waals surface area contributed by atoms with Crippen LogP contribution in [0.1, 0.15) is 40.9 Å². The van der Waals surface area contributed by atoms with Crippen molar-refractivity contribution in [3.8, 4) is 5.82 Å². The molecule has 1 aromatic carbocycles. The second-order valence-electron chi connectivity index (χ2n) is 7.47. The summed E-state index contributed by atoms with van der Waals surface area (Å²) in [6.07, 6.45) is 7.22. The molecule has 0 radical (unpaired) electrons. The van der Waals surface area contributed by atoms with E-state index in [0.29, 0.717) is 6.54 Å². The van der Waals surface area contributed by atoms with Gasteiger partial charge in [-0.3, -0.25) is 9.36 Å². The van der Waals surface area contributed by atoms with Crippen LogP contribution in [-0.2, 0) is 16.8 Å². The highest BCUT2D eigenvalue weighted by Gasteiger charge is 2.51. The number of aromatic nitrogens is 3. The largest absolute Gasteiger partial charge is 0.351 e. The molecule has 1 saturated carbocycles. The zero-order chi connectivity index (χ0) is 19.0. The van der Waals surface area contributed by atoms with E-state index in [0.717, 1.165) is 35.6 Å². The fourth-order valence-corrected chi connectivity index (χ4v) is 3.75. The van der Waals surface area contributed by atoms with Crippen molar-refractivity contribution in [1.82, 2.24) is 19.9 Å². The van der Waals surface area contributed by atoms with Crippen LogP contribution in [-0.4, -0.2) is 20.4 Å². The molecule has 1 aliphatic carbocycles. The van der Waals surface area contributed by atoms with Crippen LogP contribution < -0.4 is 5.32 Å². The van der Waals surface area contributed by atoms with Gasteiger partial charge in [0.25, 0.3) is 0 Å². The normalized spacial score (nSPS) is 14.8. The van der Waals surface area contributed by atoms with E-state index >= 15 is 0 Å². The summed E-state index contributed by atoms with van der Waals surface area (Å²) in [6, 6.07) is 10.3. The number of aryl methyl sites for hydroxylation is 3. The summed E-state index contributed by atoms with van der Waals surface area (Å²) in [6.45, 7) is 6.56. The van der Waals surface area contributed by atoms with Crippen molar-refractivity contribution in [3.63, 3.8) is 0 Å². The van der Waals surface area contributed by atoms with Crippen LogP contribution in [0.2, 0.25) is 0 Å². The van der Waals surface area contributed by atoms with Crippen molar-refractivity contribution >= 4 is 5.91 Å². The SMILES string of the molecule is Cc1cc(C)cc(C2(C(=O)NCc3cccnc3-n3ccnc3C)CC2)c1.